The summed E-state index contributed by atoms with van der Waals surface area (Å²) in [6.45, 7) is 5.62. The van der Waals surface area contributed by atoms with Crippen LogP contribution >= 0.6 is 0 Å². The van der Waals surface area contributed by atoms with Crippen LogP contribution in [0.3, 0.4) is 0 Å². The summed E-state index contributed by atoms with van der Waals surface area (Å²) in [5.74, 6) is -0.582. The number of aliphatic hydroxyl groups is 1. The van der Waals surface area contributed by atoms with Crippen molar-refractivity contribution in [3.8, 4) is 0 Å². The topological polar surface area (TPSA) is 104 Å². The van der Waals surface area contributed by atoms with Gasteiger partial charge in [0.25, 0.3) is 0 Å². The zero-order valence-electron chi connectivity index (χ0n) is 11.9. The van der Waals surface area contributed by atoms with Crippen LogP contribution in [0, 0.1) is 0 Å². The average molecular weight is 279 g/mol. The Morgan fingerprint density at radius 1 is 1.35 bits per heavy atom. The highest BCUT2D eigenvalue weighted by molar-refractivity contribution is 5.89. The van der Waals surface area contributed by atoms with Crippen molar-refractivity contribution in [2.75, 3.05) is 5.32 Å². The number of urea groups is 1. The average Bonchev–Trinajstić information content (AvgIpc) is 2.25. The van der Waals surface area contributed by atoms with Crippen LogP contribution in [0.5, 0.6) is 0 Å². The molecule has 1 unspecified atom stereocenters. The van der Waals surface area contributed by atoms with Gasteiger partial charge in [-0.15, -0.1) is 0 Å². The molecule has 1 aromatic carbocycles. The summed E-state index contributed by atoms with van der Waals surface area (Å²) in [6, 6.07) is 6.32. The van der Waals surface area contributed by atoms with Crippen molar-refractivity contribution >= 4 is 17.6 Å². The molecule has 1 aromatic rings. The lowest BCUT2D eigenvalue weighted by Gasteiger charge is -2.21. The molecule has 0 radical (unpaired) electrons. The van der Waals surface area contributed by atoms with E-state index in [1.54, 1.807) is 24.3 Å². The fourth-order valence-corrected chi connectivity index (χ4v) is 1.64. The fraction of sp³-hybridized carbons (Fsp3) is 0.429. The Kier molecular flexibility index (Phi) is 5.10. The van der Waals surface area contributed by atoms with Crippen molar-refractivity contribution in [2.24, 2.45) is 5.73 Å². The Labute approximate surface area is 118 Å². The second-order valence-corrected chi connectivity index (χ2v) is 5.64. The third-order valence-electron chi connectivity index (χ3n) is 2.41. The van der Waals surface area contributed by atoms with Crippen LogP contribution in [0.15, 0.2) is 24.3 Å². The third-order valence-corrected chi connectivity index (χ3v) is 2.41. The normalized spacial score (nSPS) is 12.6. The Bertz CT molecular complexity index is 495. The molecule has 0 aromatic heterocycles. The molecule has 0 aliphatic rings. The highest BCUT2D eigenvalue weighted by atomic mass is 16.3. The smallest absolute Gasteiger partial charge is 0.319 e. The first-order chi connectivity index (χ1) is 9.17. The molecule has 0 saturated heterocycles. The Morgan fingerprint density at radius 2 is 2.00 bits per heavy atom. The summed E-state index contributed by atoms with van der Waals surface area (Å²) < 4.78 is 0. The van der Waals surface area contributed by atoms with Crippen molar-refractivity contribution in [3.05, 3.63) is 29.8 Å². The van der Waals surface area contributed by atoms with Crippen LogP contribution in [-0.4, -0.2) is 22.6 Å². The van der Waals surface area contributed by atoms with Crippen molar-refractivity contribution in [3.63, 3.8) is 0 Å². The maximum absolute atomic E-state index is 11.7. The number of aliphatic hydroxyl groups excluding tert-OH is 1. The quantitative estimate of drug-likeness (QED) is 0.671. The van der Waals surface area contributed by atoms with Gasteiger partial charge in [-0.3, -0.25) is 4.79 Å². The van der Waals surface area contributed by atoms with Gasteiger partial charge in [-0.25, -0.2) is 4.79 Å². The van der Waals surface area contributed by atoms with Gasteiger partial charge >= 0.3 is 6.03 Å². The molecule has 3 amide bonds. The summed E-state index contributed by atoms with van der Waals surface area (Å²) in [5.41, 5.74) is 5.76. The maximum atomic E-state index is 11.7. The van der Waals surface area contributed by atoms with E-state index in [1.807, 2.05) is 20.8 Å². The second kappa shape index (κ2) is 6.38. The summed E-state index contributed by atoms with van der Waals surface area (Å²) in [7, 11) is 0. The van der Waals surface area contributed by atoms with Crippen LogP contribution in [0.25, 0.3) is 0 Å². The van der Waals surface area contributed by atoms with Gasteiger partial charge in [-0.1, -0.05) is 12.1 Å². The van der Waals surface area contributed by atoms with Gasteiger partial charge in [0.15, 0.2) is 0 Å². The van der Waals surface area contributed by atoms with Gasteiger partial charge in [0.2, 0.25) is 5.91 Å². The molecular weight excluding hydrogens is 258 g/mol. The molecule has 0 saturated carbocycles. The molecule has 20 heavy (non-hydrogen) atoms. The number of nitrogens with two attached hydrogens (primary N) is 1. The largest absolute Gasteiger partial charge is 0.388 e. The van der Waals surface area contributed by atoms with Gasteiger partial charge in [-0.05, 0) is 38.5 Å². The van der Waals surface area contributed by atoms with Crippen molar-refractivity contribution in [2.45, 2.75) is 38.8 Å². The van der Waals surface area contributed by atoms with Crippen LogP contribution in [-0.2, 0) is 4.79 Å². The third kappa shape index (κ3) is 5.71. The molecule has 0 aliphatic carbocycles. The number of hydrogen-bond acceptors (Lipinski definition) is 3. The van der Waals surface area contributed by atoms with Gasteiger partial charge in [0.05, 0.1) is 12.5 Å². The lowest BCUT2D eigenvalue weighted by Crippen LogP contribution is -2.43. The van der Waals surface area contributed by atoms with Gasteiger partial charge in [0, 0.05) is 11.2 Å². The number of anilines is 1. The number of carbonyl (C=O) groups excluding carboxylic acids is 2. The molecular formula is C14H21N3O3. The number of rotatable bonds is 4. The van der Waals surface area contributed by atoms with Gasteiger partial charge in [0.1, 0.15) is 0 Å². The Hall–Kier alpha value is -2.08. The number of primary amides is 1. The SMILES string of the molecule is CC(C)(C)NC(=O)Nc1cccc(C(O)CC(N)=O)c1. The highest BCUT2D eigenvalue weighted by Gasteiger charge is 2.15. The second-order valence-electron chi connectivity index (χ2n) is 5.64. The summed E-state index contributed by atoms with van der Waals surface area (Å²) in [4.78, 5) is 22.5. The predicted molar refractivity (Wildman–Crippen MR) is 77.1 cm³/mol. The molecule has 6 nitrogen and oxygen atoms in total. The molecule has 0 bridgehead atoms. The summed E-state index contributed by atoms with van der Waals surface area (Å²) in [6.07, 6.45) is -1.13. The van der Waals surface area contributed by atoms with E-state index in [4.69, 9.17) is 5.73 Å². The zero-order valence-corrected chi connectivity index (χ0v) is 11.9. The lowest BCUT2D eigenvalue weighted by atomic mass is 10.1. The van der Waals surface area contributed by atoms with Crippen LogP contribution < -0.4 is 16.4 Å². The number of hydrogen-bond donors (Lipinski definition) is 4. The molecule has 5 N–H and O–H groups in total. The Morgan fingerprint density at radius 3 is 2.55 bits per heavy atom. The number of benzene rings is 1. The molecule has 0 fully saturated rings. The summed E-state index contributed by atoms with van der Waals surface area (Å²) >= 11 is 0. The van der Waals surface area contributed by atoms with Crippen molar-refractivity contribution < 1.29 is 14.7 Å². The maximum Gasteiger partial charge on any atom is 0.319 e. The first-order valence-electron chi connectivity index (χ1n) is 6.33. The molecule has 0 spiro atoms. The van der Waals surface area contributed by atoms with Crippen molar-refractivity contribution in [1.82, 2.24) is 5.32 Å². The van der Waals surface area contributed by atoms with E-state index in [-0.39, 0.29) is 18.0 Å². The summed E-state index contributed by atoms with van der Waals surface area (Å²) in [5, 5.41) is 15.2. The van der Waals surface area contributed by atoms with Gasteiger partial charge in [-0.2, -0.15) is 0 Å². The van der Waals surface area contributed by atoms with Crippen LogP contribution in [0.4, 0.5) is 10.5 Å². The monoisotopic (exact) mass is 279 g/mol. The van der Waals surface area contributed by atoms with E-state index in [9.17, 15) is 14.7 Å². The van der Waals surface area contributed by atoms with E-state index in [0.717, 1.165) is 0 Å². The molecule has 6 heteroatoms. The van der Waals surface area contributed by atoms with Crippen molar-refractivity contribution in [1.29, 1.82) is 0 Å². The standard InChI is InChI=1S/C14H21N3O3/c1-14(2,3)17-13(20)16-10-6-4-5-9(7-10)11(18)8-12(15)19/h4-7,11,18H,8H2,1-3H3,(H2,15,19)(H2,16,17,20). The number of amides is 3. The fourth-order valence-electron chi connectivity index (χ4n) is 1.64. The van der Waals surface area contributed by atoms with Crippen LogP contribution in [0.2, 0.25) is 0 Å². The minimum Gasteiger partial charge on any atom is -0.388 e. The predicted octanol–water partition coefficient (Wildman–Crippen LogP) is 1.52. The van der Waals surface area contributed by atoms with E-state index in [2.05, 4.69) is 10.6 Å². The van der Waals surface area contributed by atoms with E-state index in [0.29, 0.717) is 11.3 Å². The van der Waals surface area contributed by atoms with Gasteiger partial charge < -0.3 is 21.5 Å². The molecule has 0 heterocycles. The zero-order chi connectivity index (χ0) is 15.3. The number of carbonyl (C=O) groups is 2. The number of nitrogens with one attached hydrogen (secondary N) is 2. The molecule has 0 aliphatic heterocycles. The molecule has 1 rings (SSSR count). The molecule has 1 atom stereocenters. The minimum atomic E-state index is -0.972. The lowest BCUT2D eigenvalue weighted by molar-refractivity contribution is -0.119. The van der Waals surface area contributed by atoms with E-state index < -0.39 is 12.0 Å². The minimum absolute atomic E-state index is 0.155. The Balaban J connectivity index is 2.73. The van der Waals surface area contributed by atoms with E-state index in [1.165, 1.54) is 0 Å². The first kappa shape index (κ1) is 16.0. The highest BCUT2D eigenvalue weighted by Crippen LogP contribution is 2.20. The first-order valence-corrected chi connectivity index (χ1v) is 6.33. The van der Waals surface area contributed by atoms with E-state index >= 15 is 0 Å². The van der Waals surface area contributed by atoms with Crippen LogP contribution in [0.1, 0.15) is 38.9 Å². The molecule has 110 valence electrons.